The maximum absolute atomic E-state index is 8.69. The zero-order chi connectivity index (χ0) is 37.5. The van der Waals surface area contributed by atoms with Gasteiger partial charge in [0.2, 0.25) is 0 Å². The van der Waals surface area contributed by atoms with Crippen LogP contribution in [0.4, 0.5) is 0 Å². The molecule has 0 saturated carbocycles. The Hall–Kier alpha value is -3.61. The van der Waals surface area contributed by atoms with Crippen molar-refractivity contribution in [3.63, 3.8) is 0 Å². The number of hydrogen-bond acceptors (Lipinski definition) is 3. The van der Waals surface area contributed by atoms with E-state index in [1.807, 2.05) is 69.4 Å². The minimum atomic E-state index is -1.72. The summed E-state index contributed by atoms with van der Waals surface area (Å²) in [5.74, 6) is 7.14. The molecule has 3 heterocycles. The van der Waals surface area contributed by atoms with E-state index in [0.29, 0.717) is 11.3 Å². The minimum Gasteiger partial charge on any atom is 0 e. The molecule has 0 bridgehead atoms. The average Bonchev–Trinajstić information content (AvgIpc) is 3.49. The van der Waals surface area contributed by atoms with Crippen LogP contribution in [0.1, 0.15) is 29.1 Å². The molecule has 1 radical (unpaired) electrons. The van der Waals surface area contributed by atoms with E-state index in [-0.39, 0.29) is 20.1 Å². The van der Waals surface area contributed by atoms with Crippen molar-refractivity contribution in [2.24, 2.45) is 5.41 Å². The second kappa shape index (κ2) is 15.6. The molecule has 3 aromatic heterocycles. The molecule has 3 nitrogen and oxygen atoms in total. The Morgan fingerprint density at radius 2 is 1.51 bits per heavy atom. The van der Waals surface area contributed by atoms with E-state index in [9.17, 15) is 0 Å². The largest absolute Gasteiger partial charge is 0 e. The van der Waals surface area contributed by atoms with Crippen LogP contribution >= 0.6 is 0 Å². The van der Waals surface area contributed by atoms with E-state index in [4.69, 9.17) is 7.16 Å². The van der Waals surface area contributed by atoms with Crippen LogP contribution in [0.25, 0.3) is 55.6 Å². The number of fused-ring (bicyclic) bond motifs is 3. The molecule has 0 saturated heterocycles. The zero-order valence-corrected chi connectivity index (χ0v) is 36.6. The first-order valence-electron chi connectivity index (χ1n) is 18.3. The van der Waals surface area contributed by atoms with E-state index < -0.39 is 33.1 Å². The second-order valence-corrected chi connectivity index (χ2v) is 31.7. The number of pyridine rings is 2. The molecule has 51 heavy (non-hydrogen) atoms. The Morgan fingerprint density at radius 1 is 0.765 bits per heavy atom. The third-order valence-electron chi connectivity index (χ3n) is 8.67. The van der Waals surface area contributed by atoms with Crippen molar-refractivity contribution in [1.29, 1.82) is 0 Å². The molecule has 0 fully saturated rings. The summed E-state index contributed by atoms with van der Waals surface area (Å²) in [6.45, 7) is 12.8. The van der Waals surface area contributed by atoms with E-state index in [0.717, 1.165) is 44.3 Å². The van der Waals surface area contributed by atoms with Crippen molar-refractivity contribution in [3.05, 3.63) is 133 Å². The molecule has 0 spiro atoms. The van der Waals surface area contributed by atoms with Gasteiger partial charge in [-0.15, -0.1) is 18.2 Å². The monoisotopic (exact) mass is 929 g/mol. The van der Waals surface area contributed by atoms with Gasteiger partial charge >= 0.3 is 99.8 Å². The fraction of sp³-hybridized carbons (Fsp3) is 0.244. The number of rotatable bonds is 6. The van der Waals surface area contributed by atoms with Crippen molar-refractivity contribution in [1.82, 2.24) is 9.97 Å². The Kier molecular flexibility index (Phi) is 10.9. The maximum atomic E-state index is 8.69. The Morgan fingerprint density at radius 3 is 2.14 bits per heavy atom. The summed E-state index contributed by atoms with van der Waals surface area (Å²) < 4.78 is 25.2. The van der Waals surface area contributed by atoms with E-state index in [1.54, 1.807) is 12.3 Å². The fourth-order valence-electron chi connectivity index (χ4n) is 5.90. The Balaban J connectivity index is 0.000000267. The number of hydrogen-bond donors (Lipinski definition) is 0. The normalized spacial score (nSPS) is 12.8. The fourth-order valence-corrected chi connectivity index (χ4v) is 9.24. The molecule has 0 aliphatic carbocycles. The van der Waals surface area contributed by atoms with Crippen molar-refractivity contribution in [3.8, 4) is 33.6 Å². The van der Waals surface area contributed by atoms with E-state index in [2.05, 4.69) is 114 Å². The smallest absolute Gasteiger partial charge is 0 e. The van der Waals surface area contributed by atoms with Crippen LogP contribution in [0.3, 0.4) is 0 Å². The van der Waals surface area contributed by atoms with Crippen molar-refractivity contribution >= 4 is 52.9 Å². The first kappa shape index (κ1) is 35.8. The van der Waals surface area contributed by atoms with Gasteiger partial charge in [-0.1, -0.05) is 105 Å². The van der Waals surface area contributed by atoms with Gasteiger partial charge in [0.05, 0.1) is 13.7 Å². The van der Waals surface area contributed by atoms with E-state index in [1.165, 1.54) is 15.1 Å². The molecule has 6 heteroatoms. The predicted octanol–water partition coefficient (Wildman–Crippen LogP) is 11.3. The van der Waals surface area contributed by atoms with Gasteiger partial charge in [0.25, 0.3) is 0 Å². The molecule has 4 aromatic carbocycles. The molecule has 0 atom stereocenters. The molecule has 7 aromatic rings. The minimum absolute atomic E-state index is 0. The second-order valence-electron chi connectivity index (χ2n) is 16.0. The summed E-state index contributed by atoms with van der Waals surface area (Å²) in [7, 11) is -1.34. The molecular weight excluding hydrogens is 877 g/mol. The van der Waals surface area contributed by atoms with Gasteiger partial charge in [0, 0.05) is 34.4 Å². The molecule has 0 N–H and O–H groups in total. The predicted molar refractivity (Wildman–Crippen MR) is 219 cm³/mol. The maximum Gasteiger partial charge on any atom is 0 e. The van der Waals surface area contributed by atoms with Gasteiger partial charge in [-0.25, -0.2) is 0 Å². The Labute approximate surface area is 324 Å². The van der Waals surface area contributed by atoms with Crippen LogP contribution in [-0.2, 0) is 26.5 Å². The van der Waals surface area contributed by atoms with Crippen LogP contribution in [0.2, 0.25) is 36.9 Å². The number of aromatic nitrogens is 2. The van der Waals surface area contributed by atoms with Gasteiger partial charge in [-0.05, 0) is 40.7 Å². The van der Waals surface area contributed by atoms with E-state index >= 15 is 0 Å². The Bertz CT molecular complexity index is 2320. The molecule has 0 aliphatic rings. The van der Waals surface area contributed by atoms with Crippen molar-refractivity contribution < 1.29 is 27.3 Å². The standard InChI is InChI=1S/C31H32NOSi.C14H16GeN.Ir/c1-31(2,3)20-21-16-17-32-28(18-21)27-9-7-8-26-25-15-12-23(19-29(25)33-30(26)27)22-10-13-24(14-11-22)34(4,5)6;1-15(2,3)13-9-10-14(16-11-13)12-7-5-4-6-8-12;/h7-8,10-19H,20H2,1-6H3;4-7,9-11H,1-3H3;/q2*-1;/i20D2;;. The summed E-state index contributed by atoms with van der Waals surface area (Å²) in [5, 5.41) is 3.50. The summed E-state index contributed by atoms with van der Waals surface area (Å²) in [6, 6.07) is 41.6. The number of benzene rings is 4. The van der Waals surface area contributed by atoms with Gasteiger partial charge in [0.1, 0.15) is 5.58 Å². The topological polar surface area (TPSA) is 38.9 Å². The van der Waals surface area contributed by atoms with Gasteiger partial charge < -0.3 is 9.40 Å². The van der Waals surface area contributed by atoms with Crippen LogP contribution in [0.5, 0.6) is 0 Å². The molecule has 0 aliphatic heterocycles. The zero-order valence-electron chi connectivity index (χ0n) is 33.1. The average molecular weight is 928 g/mol. The van der Waals surface area contributed by atoms with Crippen LogP contribution in [-0.4, -0.2) is 31.3 Å². The first-order chi connectivity index (χ1) is 24.4. The quantitative estimate of drug-likeness (QED) is 0.123. The molecule has 263 valence electrons. The van der Waals surface area contributed by atoms with Gasteiger partial charge in [0.15, 0.2) is 0 Å². The molecule has 0 amide bonds. The number of furan rings is 1. The van der Waals surface area contributed by atoms with Crippen molar-refractivity contribution in [2.75, 3.05) is 0 Å². The summed E-state index contributed by atoms with van der Waals surface area (Å²) in [4.78, 5) is 9.10. The van der Waals surface area contributed by atoms with Crippen molar-refractivity contribution in [2.45, 2.75) is 64.1 Å². The summed E-state index contributed by atoms with van der Waals surface area (Å²) >= 11 is -1.72. The summed E-state index contributed by atoms with van der Waals surface area (Å²) in [6.07, 6.45) is 2.20. The van der Waals surface area contributed by atoms with Gasteiger partial charge in [-0.2, -0.15) is 0 Å². The molecule has 7 rings (SSSR count). The third kappa shape index (κ3) is 9.44. The molecular formula is C45H48GeIrN2OSi-2. The summed E-state index contributed by atoms with van der Waals surface area (Å²) in [5.41, 5.74) is 7.36. The van der Waals surface area contributed by atoms with Crippen LogP contribution < -0.4 is 9.58 Å². The first-order valence-corrected chi connectivity index (χ1v) is 28.2. The van der Waals surface area contributed by atoms with Crippen LogP contribution in [0.15, 0.2) is 120 Å². The third-order valence-corrected chi connectivity index (χ3v) is 15.0. The molecule has 0 unspecified atom stereocenters. The van der Waals surface area contributed by atoms with Crippen LogP contribution in [0, 0.1) is 17.5 Å². The van der Waals surface area contributed by atoms with Gasteiger partial charge in [-0.3, -0.25) is 0 Å². The SMILES string of the molecule is [2H]C([2H])(c1ccnc(-c2[c-]ccc3c2oc2cc(-c4ccc([Si](C)(C)C)cc4)ccc23)c1)C(C)(C)C.[CH3][Ge]([CH3])([CH3])[c]1ccc(-c2[c-]cccc2)nc1.[Ir]. The number of nitrogens with zero attached hydrogens (tertiary/aromatic N) is 2.